The summed E-state index contributed by atoms with van der Waals surface area (Å²) >= 11 is 18.9. The molecule has 0 spiro atoms. The summed E-state index contributed by atoms with van der Waals surface area (Å²) < 4.78 is 34.6. The van der Waals surface area contributed by atoms with Gasteiger partial charge in [-0.15, -0.1) is 0 Å². The molecule has 0 radical (unpaired) electrons. The van der Waals surface area contributed by atoms with Crippen molar-refractivity contribution in [3.05, 3.63) is 123 Å². The number of sulfonamides is 1. The SMILES string of the molecule is COc1ccc(S(=O)(=O)N(CC(=O)N(Cc2ccc(Cl)cc2Cl)[C@H](Cc2ccccc2)C(=O)NC(C)(C)C)c2ccc(Cl)cc2)cc1. The van der Waals surface area contributed by atoms with Gasteiger partial charge in [0.05, 0.1) is 17.7 Å². The average molecular weight is 717 g/mol. The van der Waals surface area contributed by atoms with Gasteiger partial charge < -0.3 is 15.0 Å². The third-order valence-corrected chi connectivity index (χ3v) is 9.79. The molecule has 0 saturated carbocycles. The Balaban J connectivity index is 1.83. The number of nitrogens with one attached hydrogen (secondary N) is 1. The maximum atomic E-state index is 14.6. The number of nitrogens with zero attached hydrogens (tertiary/aromatic N) is 2. The van der Waals surface area contributed by atoms with E-state index >= 15 is 0 Å². The van der Waals surface area contributed by atoms with Crippen molar-refractivity contribution in [3.63, 3.8) is 0 Å². The summed E-state index contributed by atoms with van der Waals surface area (Å²) in [5.41, 5.74) is 0.928. The standard InChI is InChI=1S/C35H36Cl3N3O5S/c1-35(2,3)39-34(43)32(20-24-8-6-5-7-9-24)40(22-25-10-11-27(37)21-31(25)38)33(42)23-41(28-14-12-26(36)13-15-28)47(44,45)30-18-16-29(46-4)17-19-30/h5-19,21,32H,20,22-23H2,1-4H3,(H,39,43)/t32-/m1/s1. The van der Waals surface area contributed by atoms with Crippen LogP contribution in [0.3, 0.4) is 0 Å². The van der Waals surface area contributed by atoms with Gasteiger partial charge in [0.25, 0.3) is 10.0 Å². The third-order valence-electron chi connectivity index (χ3n) is 7.17. The van der Waals surface area contributed by atoms with Crippen LogP contribution in [0.15, 0.2) is 102 Å². The fourth-order valence-electron chi connectivity index (χ4n) is 4.85. The molecule has 0 aliphatic rings. The van der Waals surface area contributed by atoms with E-state index in [1.165, 1.54) is 60.5 Å². The lowest BCUT2D eigenvalue weighted by atomic mass is 10.0. The van der Waals surface area contributed by atoms with E-state index in [9.17, 15) is 18.0 Å². The summed E-state index contributed by atoms with van der Waals surface area (Å²) in [6.45, 7) is 4.80. The highest BCUT2D eigenvalue weighted by Gasteiger charge is 2.36. The Morgan fingerprint density at radius 1 is 0.851 bits per heavy atom. The van der Waals surface area contributed by atoms with Gasteiger partial charge in [-0.25, -0.2) is 8.42 Å². The lowest BCUT2D eigenvalue weighted by Gasteiger charge is -2.35. The first-order valence-corrected chi connectivity index (χ1v) is 17.3. The van der Waals surface area contributed by atoms with E-state index in [0.29, 0.717) is 26.4 Å². The Labute approximate surface area is 291 Å². The number of halogens is 3. The summed E-state index contributed by atoms with van der Waals surface area (Å²) in [6.07, 6.45) is 0.159. The minimum absolute atomic E-state index is 0.0559. The van der Waals surface area contributed by atoms with Crippen molar-refractivity contribution in [2.24, 2.45) is 0 Å². The van der Waals surface area contributed by atoms with Gasteiger partial charge >= 0.3 is 0 Å². The molecule has 0 unspecified atom stereocenters. The lowest BCUT2D eigenvalue weighted by Crippen LogP contribution is -2.56. The van der Waals surface area contributed by atoms with E-state index in [1.807, 2.05) is 51.1 Å². The maximum Gasteiger partial charge on any atom is 0.264 e. The van der Waals surface area contributed by atoms with Crippen LogP contribution in [0, 0.1) is 0 Å². The largest absolute Gasteiger partial charge is 0.497 e. The van der Waals surface area contributed by atoms with Crippen molar-refractivity contribution in [1.82, 2.24) is 10.2 Å². The van der Waals surface area contributed by atoms with Crippen LogP contribution in [-0.2, 0) is 32.6 Å². The molecule has 2 amide bonds. The molecular weight excluding hydrogens is 681 g/mol. The van der Waals surface area contributed by atoms with Crippen LogP contribution >= 0.6 is 34.8 Å². The quantitative estimate of drug-likeness (QED) is 0.165. The first kappa shape index (κ1) is 36.1. The number of benzene rings is 4. The summed E-state index contributed by atoms with van der Waals surface area (Å²) in [4.78, 5) is 29.9. The number of hydrogen-bond acceptors (Lipinski definition) is 5. The van der Waals surface area contributed by atoms with Crippen LogP contribution in [0.2, 0.25) is 15.1 Å². The summed E-state index contributed by atoms with van der Waals surface area (Å²) in [5, 5.41) is 4.09. The molecule has 0 bridgehead atoms. The number of ether oxygens (including phenoxy) is 1. The van der Waals surface area contributed by atoms with E-state index in [0.717, 1.165) is 9.87 Å². The van der Waals surface area contributed by atoms with E-state index in [4.69, 9.17) is 39.5 Å². The molecule has 0 saturated heterocycles. The van der Waals surface area contributed by atoms with Crippen LogP contribution in [0.1, 0.15) is 31.9 Å². The second kappa shape index (κ2) is 15.4. The highest BCUT2D eigenvalue weighted by Crippen LogP contribution is 2.29. The molecule has 4 rings (SSSR count). The second-order valence-electron chi connectivity index (χ2n) is 11.9. The Bertz CT molecular complexity index is 1800. The molecule has 0 aromatic heterocycles. The molecule has 4 aromatic carbocycles. The number of carbonyl (C=O) groups is 2. The molecule has 12 heteroatoms. The Morgan fingerprint density at radius 2 is 1.47 bits per heavy atom. The molecule has 248 valence electrons. The molecule has 1 N–H and O–H groups in total. The van der Waals surface area contributed by atoms with Gasteiger partial charge in [0, 0.05) is 33.6 Å². The molecule has 4 aromatic rings. The summed E-state index contributed by atoms with van der Waals surface area (Å²) in [7, 11) is -2.82. The molecule has 0 aliphatic carbocycles. The first-order valence-electron chi connectivity index (χ1n) is 14.7. The van der Waals surface area contributed by atoms with Gasteiger partial charge in [0.1, 0.15) is 18.3 Å². The first-order chi connectivity index (χ1) is 22.2. The van der Waals surface area contributed by atoms with Gasteiger partial charge in [0.2, 0.25) is 11.8 Å². The molecule has 0 heterocycles. The van der Waals surface area contributed by atoms with Gasteiger partial charge in [0.15, 0.2) is 0 Å². The van der Waals surface area contributed by atoms with Gasteiger partial charge in [-0.05, 0) is 92.6 Å². The Hall–Kier alpha value is -3.76. The van der Waals surface area contributed by atoms with E-state index in [2.05, 4.69) is 5.32 Å². The second-order valence-corrected chi connectivity index (χ2v) is 15.0. The van der Waals surface area contributed by atoms with Gasteiger partial charge in [-0.2, -0.15) is 0 Å². The van der Waals surface area contributed by atoms with Crippen molar-refractivity contribution >= 4 is 62.3 Å². The van der Waals surface area contributed by atoms with E-state index in [-0.39, 0.29) is 23.5 Å². The molecule has 8 nitrogen and oxygen atoms in total. The highest BCUT2D eigenvalue weighted by atomic mass is 35.5. The van der Waals surface area contributed by atoms with Crippen LogP contribution in [0.25, 0.3) is 0 Å². The van der Waals surface area contributed by atoms with Crippen molar-refractivity contribution in [2.75, 3.05) is 18.0 Å². The van der Waals surface area contributed by atoms with Crippen LogP contribution in [0.4, 0.5) is 5.69 Å². The Morgan fingerprint density at radius 3 is 2.04 bits per heavy atom. The van der Waals surface area contributed by atoms with Crippen molar-refractivity contribution < 1.29 is 22.7 Å². The third kappa shape index (κ3) is 9.64. The number of rotatable bonds is 12. The summed E-state index contributed by atoms with van der Waals surface area (Å²) in [6, 6.07) is 25.1. The van der Waals surface area contributed by atoms with Crippen LogP contribution in [-0.4, -0.2) is 50.4 Å². The molecule has 1 atom stereocenters. The molecule has 0 aliphatic heterocycles. The fourth-order valence-corrected chi connectivity index (χ4v) is 6.86. The smallest absolute Gasteiger partial charge is 0.264 e. The minimum Gasteiger partial charge on any atom is -0.497 e. The van der Waals surface area contributed by atoms with Crippen molar-refractivity contribution in [1.29, 1.82) is 0 Å². The minimum atomic E-state index is -4.30. The highest BCUT2D eigenvalue weighted by molar-refractivity contribution is 7.92. The van der Waals surface area contributed by atoms with Crippen molar-refractivity contribution in [3.8, 4) is 5.75 Å². The van der Waals surface area contributed by atoms with E-state index < -0.39 is 40.0 Å². The van der Waals surface area contributed by atoms with Crippen LogP contribution in [0.5, 0.6) is 5.75 Å². The van der Waals surface area contributed by atoms with Gasteiger partial charge in [-0.3, -0.25) is 13.9 Å². The normalized spacial score (nSPS) is 12.2. The fraction of sp³-hybridized carbons (Fsp3) is 0.257. The zero-order valence-corrected chi connectivity index (χ0v) is 29.5. The predicted octanol–water partition coefficient (Wildman–Crippen LogP) is 7.41. The monoisotopic (exact) mass is 715 g/mol. The zero-order valence-electron chi connectivity index (χ0n) is 26.4. The number of hydrogen-bond donors (Lipinski definition) is 1. The predicted molar refractivity (Wildman–Crippen MR) is 188 cm³/mol. The van der Waals surface area contributed by atoms with E-state index in [1.54, 1.807) is 18.2 Å². The number of amides is 2. The Kier molecular flexibility index (Phi) is 11.8. The topological polar surface area (TPSA) is 96.0 Å². The average Bonchev–Trinajstić information content (AvgIpc) is 3.02. The molecular formula is C35H36Cl3N3O5S. The number of methoxy groups -OCH3 is 1. The molecule has 0 fully saturated rings. The number of anilines is 1. The number of carbonyl (C=O) groups excluding carboxylic acids is 2. The van der Waals surface area contributed by atoms with Crippen LogP contribution < -0.4 is 14.4 Å². The lowest BCUT2D eigenvalue weighted by molar-refractivity contribution is -0.140. The van der Waals surface area contributed by atoms with Gasteiger partial charge in [-0.1, -0.05) is 71.2 Å². The zero-order chi connectivity index (χ0) is 34.4. The summed E-state index contributed by atoms with van der Waals surface area (Å²) in [5.74, 6) is -0.568. The molecule has 47 heavy (non-hydrogen) atoms. The van der Waals surface area contributed by atoms with Crippen molar-refractivity contribution in [2.45, 2.75) is 50.2 Å². The maximum absolute atomic E-state index is 14.6.